The number of hydrogen-bond acceptors (Lipinski definition) is 5. The van der Waals surface area contributed by atoms with Gasteiger partial charge < -0.3 is 9.64 Å². The maximum atomic E-state index is 13.6. The summed E-state index contributed by atoms with van der Waals surface area (Å²) in [7, 11) is -1.92. The Labute approximate surface area is 188 Å². The van der Waals surface area contributed by atoms with Gasteiger partial charge in [0.2, 0.25) is 10.0 Å². The number of hydrogen-bond donors (Lipinski definition) is 0. The molecule has 9 heteroatoms. The van der Waals surface area contributed by atoms with Gasteiger partial charge in [0, 0.05) is 56.9 Å². The van der Waals surface area contributed by atoms with E-state index in [1.807, 2.05) is 0 Å². The smallest absolute Gasteiger partial charge is 0.253 e. The van der Waals surface area contributed by atoms with Gasteiger partial charge in [-0.25, -0.2) is 12.8 Å². The zero-order valence-electron chi connectivity index (χ0n) is 18.2. The lowest BCUT2D eigenvalue weighted by Gasteiger charge is -2.35. The number of ether oxygens (including phenoxy) is 1. The van der Waals surface area contributed by atoms with Crippen LogP contribution in [0.15, 0.2) is 47.4 Å². The van der Waals surface area contributed by atoms with Crippen LogP contribution in [0.5, 0.6) is 5.75 Å². The van der Waals surface area contributed by atoms with Crippen molar-refractivity contribution in [1.29, 1.82) is 0 Å². The minimum absolute atomic E-state index is 0.113. The van der Waals surface area contributed by atoms with E-state index in [1.54, 1.807) is 30.2 Å². The van der Waals surface area contributed by atoms with Crippen molar-refractivity contribution in [1.82, 2.24) is 14.1 Å². The number of nitrogens with zero attached hydrogens (tertiary/aromatic N) is 3. The van der Waals surface area contributed by atoms with Gasteiger partial charge in [-0.15, -0.1) is 0 Å². The van der Waals surface area contributed by atoms with Crippen LogP contribution in [0.4, 0.5) is 4.39 Å². The molecule has 2 fully saturated rings. The zero-order chi connectivity index (χ0) is 22.7. The average Bonchev–Trinajstić information content (AvgIpc) is 3.35. The predicted molar refractivity (Wildman–Crippen MR) is 119 cm³/mol. The SMILES string of the molecule is COc1ccc(F)cc1CN1CCN(C(=O)c2ccc(S(=O)(=O)N3CCCC3)cc2)CC1. The van der Waals surface area contributed by atoms with Gasteiger partial charge in [0.25, 0.3) is 5.91 Å². The summed E-state index contributed by atoms with van der Waals surface area (Å²) in [6.45, 7) is 4.06. The Hall–Kier alpha value is -2.49. The zero-order valence-corrected chi connectivity index (χ0v) is 19.0. The van der Waals surface area contributed by atoms with Gasteiger partial charge in [0.15, 0.2) is 0 Å². The molecule has 0 N–H and O–H groups in total. The van der Waals surface area contributed by atoms with Crippen molar-refractivity contribution in [2.45, 2.75) is 24.3 Å². The maximum absolute atomic E-state index is 13.6. The maximum Gasteiger partial charge on any atom is 0.253 e. The van der Waals surface area contributed by atoms with E-state index < -0.39 is 10.0 Å². The van der Waals surface area contributed by atoms with Crippen molar-refractivity contribution < 1.29 is 22.3 Å². The molecule has 2 aromatic carbocycles. The molecular weight excluding hydrogens is 433 g/mol. The van der Waals surface area contributed by atoms with Crippen molar-refractivity contribution in [3.05, 3.63) is 59.4 Å². The summed E-state index contributed by atoms with van der Waals surface area (Å²) >= 11 is 0. The van der Waals surface area contributed by atoms with Gasteiger partial charge >= 0.3 is 0 Å². The number of rotatable bonds is 6. The van der Waals surface area contributed by atoms with Crippen LogP contribution < -0.4 is 4.74 Å². The first-order chi connectivity index (χ1) is 15.4. The number of piperazine rings is 1. The summed E-state index contributed by atoms with van der Waals surface area (Å²) in [4.78, 5) is 17.1. The van der Waals surface area contributed by atoms with E-state index in [9.17, 15) is 17.6 Å². The van der Waals surface area contributed by atoms with Gasteiger partial charge in [-0.2, -0.15) is 4.31 Å². The molecule has 2 aliphatic rings. The Morgan fingerprint density at radius 1 is 0.969 bits per heavy atom. The van der Waals surface area contributed by atoms with Crippen LogP contribution in [-0.4, -0.2) is 74.8 Å². The van der Waals surface area contributed by atoms with E-state index in [0.717, 1.165) is 18.4 Å². The molecule has 0 saturated carbocycles. The molecule has 0 aliphatic carbocycles. The minimum atomic E-state index is -3.49. The van der Waals surface area contributed by atoms with Gasteiger partial charge in [-0.3, -0.25) is 9.69 Å². The lowest BCUT2D eigenvalue weighted by molar-refractivity contribution is 0.0627. The third-order valence-electron chi connectivity index (χ3n) is 6.10. The molecule has 2 aromatic rings. The highest BCUT2D eigenvalue weighted by atomic mass is 32.2. The third-order valence-corrected chi connectivity index (χ3v) is 8.01. The molecule has 0 aromatic heterocycles. The molecule has 2 aliphatic heterocycles. The average molecular weight is 462 g/mol. The summed E-state index contributed by atoms with van der Waals surface area (Å²) in [6, 6.07) is 10.7. The molecule has 2 heterocycles. The van der Waals surface area contributed by atoms with E-state index in [-0.39, 0.29) is 16.6 Å². The largest absolute Gasteiger partial charge is 0.496 e. The van der Waals surface area contributed by atoms with Crippen molar-refractivity contribution in [2.75, 3.05) is 46.4 Å². The van der Waals surface area contributed by atoms with Crippen LogP contribution >= 0.6 is 0 Å². The summed E-state index contributed by atoms with van der Waals surface area (Å²) in [5.41, 5.74) is 1.26. The molecule has 0 atom stereocenters. The molecule has 0 bridgehead atoms. The Morgan fingerprint density at radius 3 is 2.25 bits per heavy atom. The topological polar surface area (TPSA) is 70.2 Å². The summed E-state index contributed by atoms with van der Waals surface area (Å²) in [5, 5.41) is 0. The molecule has 172 valence electrons. The van der Waals surface area contributed by atoms with E-state index in [4.69, 9.17) is 4.74 Å². The number of carbonyl (C=O) groups excluding carboxylic acids is 1. The second kappa shape index (κ2) is 9.56. The first kappa shape index (κ1) is 22.7. The molecule has 0 spiro atoms. The molecule has 0 radical (unpaired) electrons. The molecule has 4 rings (SSSR count). The van der Waals surface area contributed by atoms with Gasteiger partial charge in [-0.1, -0.05) is 0 Å². The van der Waals surface area contributed by atoms with Crippen LogP contribution in [0.3, 0.4) is 0 Å². The Balaban J connectivity index is 1.36. The Kier molecular flexibility index (Phi) is 6.78. The molecular formula is C23H28FN3O4S. The first-order valence-corrected chi connectivity index (χ1v) is 12.3. The van der Waals surface area contributed by atoms with Gasteiger partial charge in [-0.05, 0) is 55.3 Å². The van der Waals surface area contributed by atoms with Gasteiger partial charge in [0.05, 0.1) is 12.0 Å². The van der Waals surface area contributed by atoms with E-state index in [1.165, 1.54) is 28.6 Å². The third kappa shape index (κ3) is 4.79. The quantitative estimate of drug-likeness (QED) is 0.661. The molecule has 1 amide bonds. The van der Waals surface area contributed by atoms with Crippen LogP contribution in [0, 0.1) is 5.82 Å². The number of methoxy groups -OCH3 is 1. The fourth-order valence-electron chi connectivity index (χ4n) is 4.25. The molecule has 2 saturated heterocycles. The lowest BCUT2D eigenvalue weighted by Crippen LogP contribution is -2.48. The van der Waals surface area contributed by atoms with Crippen LogP contribution in [-0.2, 0) is 16.6 Å². The van der Waals surface area contributed by atoms with Crippen molar-refractivity contribution in [3.8, 4) is 5.75 Å². The minimum Gasteiger partial charge on any atom is -0.496 e. The standard InChI is InChI=1S/C23H28FN3O4S/c1-31-22-9-6-20(24)16-19(22)17-25-12-14-26(15-13-25)23(28)18-4-7-21(8-5-18)32(29,30)27-10-2-3-11-27/h4-9,16H,2-3,10-15,17H2,1H3. The molecule has 0 unspecified atom stereocenters. The highest BCUT2D eigenvalue weighted by Gasteiger charge is 2.28. The van der Waals surface area contributed by atoms with Crippen LogP contribution in [0.2, 0.25) is 0 Å². The summed E-state index contributed by atoms with van der Waals surface area (Å²) in [5.74, 6) is 0.233. The van der Waals surface area contributed by atoms with E-state index in [2.05, 4.69) is 4.90 Å². The van der Waals surface area contributed by atoms with E-state index in [0.29, 0.717) is 57.1 Å². The van der Waals surface area contributed by atoms with E-state index >= 15 is 0 Å². The second-order valence-electron chi connectivity index (χ2n) is 8.16. The number of benzene rings is 2. The Morgan fingerprint density at radius 2 is 1.62 bits per heavy atom. The number of amides is 1. The summed E-state index contributed by atoms with van der Waals surface area (Å²) in [6.07, 6.45) is 1.77. The van der Waals surface area contributed by atoms with Crippen LogP contribution in [0.25, 0.3) is 0 Å². The van der Waals surface area contributed by atoms with Gasteiger partial charge in [0.1, 0.15) is 11.6 Å². The predicted octanol–water partition coefficient (Wildman–Crippen LogP) is 2.58. The number of sulfonamides is 1. The summed E-state index contributed by atoms with van der Waals surface area (Å²) < 4.78 is 45.8. The fraction of sp³-hybridized carbons (Fsp3) is 0.435. The monoisotopic (exact) mass is 461 g/mol. The number of halogens is 1. The lowest BCUT2D eigenvalue weighted by atomic mass is 10.1. The first-order valence-electron chi connectivity index (χ1n) is 10.8. The van der Waals surface area contributed by atoms with Crippen molar-refractivity contribution in [3.63, 3.8) is 0 Å². The molecule has 32 heavy (non-hydrogen) atoms. The Bertz CT molecular complexity index is 1060. The second-order valence-corrected chi connectivity index (χ2v) is 10.1. The van der Waals surface area contributed by atoms with Crippen molar-refractivity contribution in [2.24, 2.45) is 0 Å². The van der Waals surface area contributed by atoms with Crippen molar-refractivity contribution >= 4 is 15.9 Å². The highest BCUT2D eigenvalue weighted by Crippen LogP contribution is 2.23. The fourth-order valence-corrected chi connectivity index (χ4v) is 5.77. The normalized spacial score (nSPS) is 18.1. The van der Waals surface area contributed by atoms with Crippen LogP contribution in [0.1, 0.15) is 28.8 Å². The molecule has 7 nitrogen and oxygen atoms in total. The highest BCUT2D eigenvalue weighted by molar-refractivity contribution is 7.89. The number of carbonyl (C=O) groups is 1.